The minimum atomic E-state index is -0.471. The fourth-order valence-electron chi connectivity index (χ4n) is 4.45. The molecule has 0 aliphatic carbocycles. The first kappa shape index (κ1) is 22.4. The number of nitrogens with zero attached hydrogens (tertiary/aromatic N) is 2. The third kappa shape index (κ3) is 5.65. The molecule has 30 heavy (non-hydrogen) atoms. The first-order chi connectivity index (χ1) is 14.3. The Bertz CT molecular complexity index is 745. The van der Waals surface area contributed by atoms with Crippen LogP contribution in [-0.4, -0.2) is 52.3 Å². The van der Waals surface area contributed by atoms with E-state index < -0.39 is 5.60 Å². The number of rotatable bonds is 5. The average Bonchev–Trinajstić information content (AvgIpc) is 2.96. The molecule has 0 spiro atoms. The van der Waals surface area contributed by atoms with Crippen molar-refractivity contribution >= 4 is 12.1 Å². The van der Waals surface area contributed by atoms with Gasteiger partial charge in [0.25, 0.3) is 0 Å². The van der Waals surface area contributed by atoms with Gasteiger partial charge >= 0.3 is 6.09 Å². The van der Waals surface area contributed by atoms with Gasteiger partial charge in [0.1, 0.15) is 5.60 Å². The third-order valence-electron chi connectivity index (χ3n) is 5.72. The summed E-state index contributed by atoms with van der Waals surface area (Å²) >= 11 is 0. The summed E-state index contributed by atoms with van der Waals surface area (Å²) in [6.07, 6.45) is 3.66. The highest BCUT2D eigenvalue weighted by molar-refractivity contribution is 5.80. The molecule has 2 saturated heterocycles. The van der Waals surface area contributed by atoms with E-state index in [1.807, 2.05) is 56.9 Å². The smallest absolute Gasteiger partial charge is 0.410 e. The van der Waals surface area contributed by atoms with E-state index in [1.54, 1.807) is 0 Å². The van der Waals surface area contributed by atoms with E-state index in [9.17, 15) is 9.90 Å². The Hall–Kier alpha value is -2.28. The lowest BCUT2D eigenvalue weighted by atomic mass is 9.98. The van der Waals surface area contributed by atoms with Crippen molar-refractivity contribution < 1.29 is 14.6 Å². The van der Waals surface area contributed by atoms with Gasteiger partial charge in [-0.2, -0.15) is 0 Å². The zero-order valence-corrected chi connectivity index (χ0v) is 18.6. The number of hydrogen-bond donors (Lipinski definition) is 3. The number of carbonyl (C=O) groups is 1. The molecule has 7 heteroatoms. The maximum Gasteiger partial charge on any atom is 0.410 e. The minimum absolute atomic E-state index is 0.0160. The average molecular weight is 417 g/mol. The first-order valence-electron chi connectivity index (χ1n) is 11.0. The second-order valence-electron chi connectivity index (χ2n) is 9.21. The van der Waals surface area contributed by atoms with Crippen molar-refractivity contribution in [1.29, 1.82) is 0 Å². The van der Waals surface area contributed by atoms with Crippen molar-refractivity contribution in [1.82, 2.24) is 15.5 Å². The fourth-order valence-corrected chi connectivity index (χ4v) is 4.45. The van der Waals surface area contributed by atoms with Crippen molar-refractivity contribution in [2.24, 2.45) is 4.99 Å². The number of fused-ring (bicyclic) bond motifs is 2. The first-order valence-corrected chi connectivity index (χ1v) is 11.0. The molecule has 2 bridgehead atoms. The molecule has 2 fully saturated rings. The lowest BCUT2D eigenvalue weighted by molar-refractivity contribution is 0.00545. The van der Waals surface area contributed by atoms with Crippen molar-refractivity contribution in [3.63, 3.8) is 0 Å². The lowest BCUT2D eigenvalue weighted by Crippen LogP contribution is -2.55. The van der Waals surface area contributed by atoms with Gasteiger partial charge in [0.05, 0.1) is 13.2 Å². The largest absolute Gasteiger partial charge is 0.444 e. The molecule has 0 saturated carbocycles. The van der Waals surface area contributed by atoms with Crippen LogP contribution in [0.15, 0.2) is 29.3 Å². The van der Waals surface area contributed by atoms with Crippen LogP contribution < -0.4 is 10.6 Å². The molecule has 0 radical (unpaired) electrons. The number of ether oxygens (including phenoxy) is 1. The summed E-state index contributed by atoms with van der Waals surface area (Å²) in [6, 6.07) is 8.52. The van der Waals surface area contributed by atoms with Crippen LogP contribution in [0.1, 0.15) is 64.5 Å². The molecular weight excluding hydrogens is 380 g/mol. The summed E-state index contributed by atoms with van der Waals surface area (Å²) in [4.78, 5) is 19.4. The molecule has 2 aliphatic heterocycles. The lowest BCUT2D eigenvalue weighted by Gasteiger charge is -2.40. The van der Waals surface area contributed by atoms with E-state index in [0.29, 0.717) is 6.54 Å². The number of hydrogen-bond acceptors (Lipinski definition) is 4. The maximum atomic E-state index is 12.7. The Morgan fingerprint density at radius 1 is 1.20 bits per heavy atom. The molecule has 2 heterocycles. The van der Waals surface area contributed by atoms with Crippen LogP contribution in [-0.2, 0) is 17.9 Å². The Morgan fingerprint density at radius 3 is 2.40 bits per heavy atom. The summed E-state index contributed by atoms with van der Waals surface area (Å²) in [5, 5.41) is 16.4. The number of aliphatic hydroxyl groups excluding tert-OH is 1. The van der Waals surface area contributed by atoms with Crippen molar-refractivity contribution in [2.45, 2.75) is 90.3 Å². The van der Waals surface area contributed by atoms with Crippen LogP contribution in [0.25, 0.3) is 0 Å². The zero-order chi connectivity index (χ0) is 21.7. The molecule has 1 amide bonds. The molecule has 3 rings (SSSR count). The van der Waals surface area contributed by atoms with Crippen LogP contribution >= 0.6 is 0 Å². The van der Waals surface area contributed by atoms with E-state index >= 15 is 0 Å². The third-order valence-corrected chi connectivity index (χ3v) is 5.72. The number of benzene rings is 1. The molecule has 2 atom stereocenters. The maximum absolute atomic E-state index is 12.7. The summed E-state index contributed by atoms with van der Waals surface area (Å²) < 4.78 is 5.63. The fraction of sp³-hybridized carbons (Fsp3) is 0.652. The van der Waals surface area contributed by atoms with Gasteiger partial charge in [-0.05, 0) is 64.5 Å². The number of carbonyl (C=O) groups excluding carboxylic acids is 1. The topological polar surface area (TPSA) is 86.2 Å². The van der Waals surface area contributed by atoms with Crippen LogP contribution in [0.2, 0.25) is 0 Å². The number of piperidine rings is 1. The molecule has 2 aliphatic rings. The van der Waals surface area contributed by atoms with Crippen molar-refractivity contribution in [3.05, 3.63) is 35.4 Å². The van der Waals surface area contributed by atoms with Gasteiger partial charge in [-0.15, -0.1) is 0 Å². The van der Waals surface area contributed by atoms with E-state index in [4.69, 9.17) is 9.73 Å². The molecule has 1 aromatic rings. The predicted molar refractivity (Wildman–Crippen MR) is 118 cm³/mol. The quantitative estimate of drug-likeness (QED) is 0.507. The number of amides is 1. The summed E-state index contributed by atoms with van der Waals surface area (Å²) in [7, 11) is 0. The Labute approximate surface area is 179 Å². The number of guanidine groups is 1. The molecule has 1 aromatic carbocycles. The SMILES string of the molecule is CCNC(=NCc1ccccc1CO)NC1CC2CCC(C1)N2C(=O)OC(C)(C)C. The molecule has 7 nitrogen and oxygen atoms in total. The zero-order valence-electron chi connectivity index (χ0n) is 18.6. The van der Waals surface area contributed by atoms with Gasteiger partial charge in [-0.3, -0.25) is 0 Å². The summed E-state index contributed by atoms with van der Waals surface area (Å²) in [5.74, 6) is 0.778. The van der Waals surface area contributed by atoms with Gasteiger partial charge in [0, 0.05) is 24.7 Å². The number of aliphatic imine (C=N–C) groups is 1. The second kappa shape index (κ2) is 9.69. The highest BCUT2D eigenvalue weighted by Crippen LogP contribution is 2.36. The summed E-state index contributed by atoms with van der Waals surface area (Å²) in [5.41, 5.74) is 1.46. The van der Waals surface area contributed by atoms with Gasteiger partial charge in [-0.25, -0.2) is 9.79 Å². The minimum Gasteiger partial charge on any atom is -0.444 e. The standard InChI is InChI=1S/C23H36N4O3/c1-5-24-21(25-14-16-8-6-7-9-17(16)15-28)26-18-12-19-10-11-20(13-18)27(19)22(29)30-23(2,3)4/h6-9,18-20,28H,5,10-15H2,1-4H3,(H2,24,25,26). The normalized spacial score (nSPS) is 24.0. The molecule has 166 valence electrons. The Morgan fingerprint density at radius 2 is 1.83 bits per heavy atom. The van der Waals surface area contributed by atoms with Gasteiger partial charge in [0.2, 0.25) is 0 Å². The van der Waals surface area contributed by atoms with Crippen LogP contribution in [0.5, 0.6) is 0 Å². The van der Waals surface area contributed by atoms with Crippen molar-refractivity contribution in [2.75, 3.05) is 6.54 Å². The van der Waals surface area contributed by atoms with E-state index in [-0.39, 0.29) is 30.8 Å². The predicted octanol–water partition coefficient (Wildman–Crippen LogP) is 3.16. The van der Waals surface area contributed by atoms with E-state index in [0.717, 1.165) is 49.3 Å². The van der Waals surface area contributed by atoms with Gasteiger partial charge < -0.3 is 25.4 Å². The van der Waals surface area contributed by atoms with Crippen LogP contribution in [0, 0.1) is 0 Å². The van der Waals surface area contributed by atoms with E-state index in [2.05, 4.69) is 10.6 Å². The monoisotopic (exact) mass is 416 g/mol. The number of aliphatic hydroxyl groups is 1. The summed E-state index contributed by atoms with van der Waals surface area (Å²) in [6.45, 7) is 9.09. The molecule has 0 aromatic heterocycles. The second-order valence-corrected chi connectivity index (χ2v) is 9.21. The van der Waals surface area contributed by atoms with Crippen LogP contribution in [0.4, 0.5) is 4.79 Å². The van der Waals surface area contributed by atoms with E-state index in [1.165, 1.54) is 0 Å². The van der Waals surface area contributed by atoms with Crippen LogP contribution in [0.3, 0.4) is 0 Å². The highest BCUT2D eigenvalue weighted by Gasteiger charge is 2.45. The Kier molecular flexibility index (Phi) is 7.23. The van der Waals surface area contributed by atoms with Gasteiger partial charge in [-0.1, -0.05) is 24.3 Å². The van der Waals surface area contributed by atoms with Crippen molar-refractivity contribution in [3.8, 4) is 0 Å². The van der Waals surface area contributed by atoms with Gasteiger partial charge in [0.15, 0.2) is 5.96 Å². The number of nitrogens with one attached hydrogen (secondary N) is 2. The molecule has 3 N–H and O–H groups in total. The molecule has 2 unspecified atom stereocenters. The molecular formula is C23H36N4O3. The Balaban J connectivity index is 1.63. The highest BCUT2D eigenvalue weighted by atomic mass is 16.6.